The fourth-order valence-electron chi connectivity index (χ4n) is 1.28. The molecule has 1 nitrogen and oxygen atoms in total. The minimum atomic E-state index is -4.88. The van der Waals surface area contributed by atoms with Crippen LogP contribution in [0.3, 0.4) is 0 Å². The third-order valence-electron chi connectivity index (χ3n) is 1.99. The van der Waals surface area contributed by atoms with Crippen molar-refractivity contribution in [2.75, 3.05) is 0 Å². The summed E-state index contributed by atoms with van der Waals surface area (Å²) in [4.78, 5) is 10.8. The number of carbonyl (C=O) groups is 1. The van der Waals surface area contributed by atoms with Crippen LogP contribution in [-0.4, -0.2) is 3.79 Å². The Morgan fingerprint density at radius 3 is 1.61 bits per heavy atom. The Morgan fingerprint density at radius 2 is 1.33 bits per heavy atom. The first-order chi connectivity index (χ1) is 8.00. The van der Waals surface area contributed by atoms with E-state index in [2.05, 4.69) is 0 Å². The predicted molar refractivity (Wildman–Crippen MR) is 59.2 cm³/mol. The van der Waals surface area contributed by atoms with E-state index in [0.29, 0.717) is 12.1 Å². The molecule has 0 aromatic heterocycles. The van der Waals surface area contributed by atoms with E-state index in [1.807, 2.05) is 0 Å². The second-order valence-corrected chi connectivity index (χ2v) is 4.65. The maximum atomic E-state index is 12.4. The maximum absolute atomic E-state index is 12.4. The van der Waals surface area contributed by atoms with Crippen LogP contribution in [0.1, 0.15) is 16.7 Å². The Balaban J connectivity index is 3.34. The number of halogens is 7. The quantitative estimate of drug-likeness (QED) is 0.425. The van der Waals surface area contributed by atoms with Crippen molar-refractivity contribution in [1.29, 1.82) is 0 Å². The molecule has 8 heteroatoms. The molecule has 0 fully saturated rings. The van der Waals surface area contributed by atoms with Crippen LogP contribution in [0.4, 0.5) is 26.3 Å². The lowest BCUT2D eigenvalue weighted by molar-refractivity contribution is -0.143. The van der Waals surface area contributed by atoms with Gasteiger partial charge in [0.05, 0.1) is 11.1 Å². The van der Waals surface area contributed by atoms with Crippen molar-refractivity contribution in [2.24, 2.45) is 0 Å². The number of benzene rings is 1. The van der Waals surface area contributed by atoms with Crippen molar-refractivity contribution in [3.63, 3.8) is 0 Å². The van der Waals surface area contributed by atoms with Crippen molar-refractivity contribution >= 4 is 26.4 Å². The van der Waals surface area contributed by atoms with E-state index in [1.54, 1.807) is 0 Å². The van der Waals surface area contributed by atoms with Gasteiger partial charge in [0, 0.05) is 6.42 Å². The number of hydrogen-bond acceptors (Lipinski definition) is 1. The monoisotopic (exact) mass is 382 g/mol. The zero-order valence-electron chi connectivity index (χ0n) is 8.49. The molecule has 0 radical (unpaired) electrons. The Labute approximate surface area is 111 Å². The highest BCUT2D eigenvalue weighted by Gasteiger charge is 2.36. The number of hydrogen-bond donors (Lipinski definition) is 0. The molecule has 1 rings (SSSR count). The van der Waals surface area contributed by atoms with Gasteiger partial charge in [0.25, 0.3) is 0 Å². The van der Waals surface area contributed by atoms with E-state index < -0.39 is 33.7 Å². The molecule has 0 bridgehead atoms. The Hall–Kier alpha value is -0.800. The largest absolute Gasteiger partial charge is 0.416 e. The third kappa shape index (κ3) is 4.14. The van der Waals surface area contributed by atoms with E-state index in [9.17, 15) is 31.1 Å². The van der Waals surface area contributed by atoms with Gasteiger partial charge in [-0.05, 0) is 46.4 Å². The molecule has 0 spiro atoms. The van der Waals surface area contributed by atoms with Gasteiger partial charge in [-0.25, -0.2) is 0 Å². The van der Waals surface area contributed by atoms with Gasteiger partial charge in [0.15, 0.2) is 3.79 Å². The molecule has 18 heavy (non-hydrogen) atoms. The zero-order valence-corrected chi connectivity index (χ0v) is 10.7. The van der Waals surface area contributed by atoms with Crippen molar-refractivity contribution in [2.45, 2.75) is 18.8 Å². The summed E-state index contributed by atoms with van der Waals surface area (Å²) in [5.41, 5.74) is -3.13. The lowest BCUT2D eigenvalue weighted by Gasteiger charge is -2.13. The second-order valence-electron chi connectivity index (χ2n) is 3.45. The molecule has 0 unspecified atom stereocenters. The SMILES string of the molecule is O=C(I)Cc1cc(C(F)(F)F)cc(C(F)(F)F)c1. The van der Waals surface area contributed by atoms with E-state index in [-0.39, 0.29) is 11.6 Å². The first-order valence-corrected chi connectivity index (χ1v) is 5.54. The van der Waals surface area contributed by atoms with Gasteiger partial charge in [0.1, 0.15) is 0 Å². The number of alkyl halides is 6. The summed E-state index contributed by atoms with van der Waals surface area (Å²) in [6, 6.07) is 1.12. The van der Waals surface area contributed by atoms with Gasteiger partial charge >= 0.3 is 12.4 Å². The second kappa shape index (κ2) is 5.06. The summed E-state index contributed by atoms with van der Waals surface area (Å²) in [6.07, 6.45) is -10.2. The molecule has 0 aliphatic rings. The molecule has 0 saturated heterocycles. The van der Waals surface area contributed by atoms with Crippen LogP contribution in [0.25, 0.3) is 0 Å². The summed E-state index contributed by atoms with van der Waals surface area (Å²) in [5.74, 6) is 0. The standard InChI is InChI=1S/C10H5F6IO/c11-9(12,13)6-1-5(3-8(17)18)2-7(4-6)10(14,15)16/h1-2,4H,3H2. The number of carbonyl (C=O) groups excluding carboxylic acids is 1. The van der Waals surface area contributed by atoms with Crippen LogP contribution in [0.2, 0.25) is 0 Å². The Bertz CT molecular complexity index is 430. The summed E-state index contributed by atoms with van der Waals surface area (Å²) in [6.45, 7) is 0. The van der Waals surface area contributed by atoms with Crippen LogP contribution in [0.15, 0.2) is 18.2 Å². The molecular formula is C10H5F6IO. The lowest BCUT2D eigenvalue weighted by atomic mass is 10.0. The molecule has 0 N–H and O–H groups in total. The summed E-state index contributed by atoms with van der Waals surface area (Å²) in [7, 11) is 0. The maximum Gasteiger partial charge on any atom is 0.416 e. The fourth-order valence-corrected chi connectivity index (χ4v) is 1.72. The molecule has 0 amide bonds. The molecule has 1 aromatic carbocycles. The molecule has 0 aliphatic heterocycles. The van der Waals surface area contributed by atoms with Gasteiger partial charge in [-0.15, -0.1) is 0 Å². The Kier molecular flexibility index (Phi) is 4.29. The summed E-state index contributed by atoms with van der Waals surface area (Å²) >= 11 is 1.31. The lowest BCUT2D eigenvalue weighted by Crippen LogP contribution is -2.12. The van der Waals surface area contributed by atoms with E-state index in [1.165, 1.54) is 22.6 Å². The predicted octanol–water partition coefficient (Wildman–Crippen LogP) is 4.23. The van der Waals surface area contributed by atoms with Gasteiger partial charge < -0.3 is 0 Å². The molecule has 0 atom stereocenters. The fraction of sp³-hybridized carbons (Fsp3) is 0.300. The first kappa shape index (κ1) is 15.3. The van der Waals surface area contributed by atoms with Crippen molar-refractivity contribution < 1.29 is 31.1 Å². The number of rotatable bonds is 2. The molecule has 1 aromatic rings. The average molecular weight is 382 g/mol. The van der Waals surface area contributed by atoms with Gasteiger partial charge in [0.2, 0.25) is 0 Å². The molecular weight excluding hydrogens is 377 g/mol. The summed E-state index contributed by atoms with van der Waals surface area (Å²) < 4.78 is 74.0. The molecule has 0 aliphatic carbocycles. The van der Waals surface area contributed by atoms with Crippen molar-refractivity contribution in [1.82, 2.24) is 0 Å². The van der Waals surface area contributed by atoms with Crippen LogP contribution in [0.5, 0.6) is 0 Å². The van der Waals surface area contributed by atoms with Crippen LogP contribution in [-0.2, 0) is 23.6 Å². The molecule has 0 heterocycles. The normalized spacial score (nSPS) is 12.6. The van der Waals surface area contributed by atoms with Gasteiger partial charge in [-0.1, -0.05) is 0 Å². The van der Waals surface area contributed by atoms with Gasteiger partial charge in [-0.2, -0.15) is 26.3 Å². The van der Waals surface area contributed by atoms with E-state index in [4.69, 9.17) is 0 Å². The zero-order chi connectivity index (χ0) is 14.1. The molecule has 0 saturated carbocycles. The summed E-state index contributed by atoms with van der Waals surface area (Å²) in [5, 5.41) is 0. The van der Waals surface area contributed by atoms with Crippen LogP contribution >= 0.6 is 22.6 Å². The first-order valence-electron chi connectivity index (χ1n) is 4.47. The average Bonchev–Trinajstić information content (AvgIpc) is 2.13. The van der Waals surface area contributed by atoms with E-state index in [0.717, 1.165) is 0 Å². The highest BCUT2D eigenvalue weighted by atomic mass is 127. The highest BCUT2D eigenvalue weighted by molar-refractivity contribution is 14.1. The topological polar surface area (TPSA) is 17.1 Å². The van der Waals surface area contributed by atoms with Gasteiger partial charge in [-0.3, -0.25) is 4.79 Å². The van der Waals surface area contributed by atoms with Crippen molar-refractivity contribution in [3.05, 3.63) is 34.9 Å². The smallest absolute Gasteiger partial charge is 0.287 e. The van der Waals surface area contributed by atoms with E-state index >= 15 is 0 Å². The van der Waals surface area contributed by atoms with Crippen LogP contribution < -0.4 is 0 Å². The highest BCUT2D eigenvalue weighted by Crippen LogP contribution is 2.36. The third-order valence-corrected chi connectivity index (χ3v) is 2.37. The van der Waals surface area contributed by atoms with Crippen LogP contribution in [0, 0.1) is 0 Å². The Morgan fingerprint density at radius 1 is 0.944 bits per heavy atom. The van der Waals surface area contributed by atoms with Crippen molar-refractivity contribution in [3.8, 4) is 0 Å². The molecule has 100 valence electrons. The minimum Gasteiger partial charge on any atom is -0.287 e. The minimum absolute atomic E-state index is 0.0289.